The highest BCUT2D eigenvalue weighted by Gasteiger charge is 2.48. The molecule has 4 nitrogen and oxygen atoms in total. The number of carbonyl (C=O) groups is 1. The fourth-order valence-electron chi connectivity index (χ4n) is 5.08. The van der Waals surface area contributed by atoms with Gasteiger partial charge in [-0.3, -0.25) is 0 Å². The van der Waals surface area contributed by atoms with Crippen LogP contribution in [0.5, 0.6) is 0 Å². The zero-order valence-electron chi connectivity index (χ0n) is 10.9. The molecule has 0 spiro atoms. The van der Waals surface area contributed by atoms with Crippen molar-refractivity contribution in [3.05, 3.63) is 17.8 Å². The quantitative estimate of drug-likeness (QED) is 0.908. The van der Waals surface area contributed by atoms with Crippen LogP contribution in [-0.2, 0) is 6.42 Å². The van der Waals surface area contributed by atoms with E-state index >= 15 is 0 Å². The number of aromatic carboxylic acids is 1. The zero-order chi connectivity index (χ0) is 13.0. The molecule has 0 radical (unpaired) electrons. The van der Waals surface area contributed by atoms with Gasteiger partial charge in [0, 0.05) is 6.42 Å². The number of aromatic nitrogens is 1. The van der Waals surface area contributed by atoms with Crippen LogP contribution in [0.1, 0.15) is 48.5 Å². The van der Waals surface area contributed by atoms with Crippen LogP contribution in [0.4, 0.5) is 0 Å². The van der Waals surface area contributed by atoms with Crippen LogP contribution in [0.2, 0.25) is 0 Å². The van der Waals surface area contributed by atoms with Crippen molar-refractivity contribution in [2.45, 2.75) is 38.5 Å². The first kappa shape index (κ1) is 11.5. The van der Waals surface area contributed by atoms with Crippen LogP contribution in [0.25, 0.3) is 0 Å². The molecule has 0 aromatic carbocycles. The summed E-state index contributed by atoms with van der Waals surface area (Å²) in [6.45, 7) is 0. The molecule has 4 aliphatic carbocycles. The number of hydrogen-bond acceptors (Lipinski definition) is 3. The van der Waals surface area contributed by atoms with Crippen molar-refractivity contribution in [1.82, 2.24) is 4.98 Å². The highest BCUT2D eigenvalue weighted by atomic mass is 16.4. The lowest BCUT2D eigenvalue weighted by Gasteiger charge is -2.54. The van der Waals surface area contributed by atoms with E-state index in [0.717, 1.165) is 30.1 Å². The average molecular weight is 261 g/mol. The monoisotopic (exact) mass is 261 g/mol. The lowest BCUT2D eigenvalue weighted by atomic mass is 9.51. The molecule has 5 rings (SSSR count). The molecule has 0 unspecified atom stereocenters. The molecule has 0 aliphatic heterocycles. The normalized spacial score (nSPS) is 39.7. The second-order valence-corrected chi connectivity index (χ2v) is 6.72. The smallest absolute Gasteiger partial charge is 0.373 e. The Bertz CT molecular complexity index is 479. The first-order valence-corrected chi connectivity index (χ1v) is 7.37. The average Bonchev–Trinajstić information content (AvgIpc) is 2.81. The molecule has 4 aliphatic rings. The Morgan fingerprint density at radius 1 is 1.21 bits per heavy atom. The summed E-state index contributed by atoms with van der Waals surface area (Å²) in [6.07, 6.45) is 9.15. The molecular formula is C15H19NO3. The number of nitrogens with zero attached hydrogens (tertiary/aromatic N) is 1. The van der Waals surface area contributed by atoms with Crippen molar-refractivity contribution >= 4 is 5.97 Å². The molecule has 1 aromatic heterocycles. The van der Waals surface area contributed by atoms with Crippen molar-refractivity contribution in [2.75, 3.05) is 0 Å². The van der Waals surface area contributed by atoms with Crippen LogP contribution in [0.15, 0.2) is 10.6 Å². The van der Waals surface area contributed by atoms with Gasteiger partial charge >= 0.3 is 5.97 Å². The van der Waals surface area contributed by atoms with Crippen molar-refractivity contribution in [3.63, 3.8) is 0 Å². The predicted octanol–water partition coefficient (Wildman–Crippen LogP) is 2.99. The molecule has 1 aromatic rings. The maximum atomic E-state index is 10.8. The lowest BCUT2D eigenvalue weighted by molar-refractivity contribution is -0.0382. The SMILES string of the molecule is O=C(O)c1cnc(CC2C3CC4CC(C3)CC2C4)o1. The number of hydrogen-bond donors (Lipinski definition) is 1. The maximum absolute atomic E-state index is 10.8. The van der Waals surface area contributed by atoms with Crippen LogP contribution in [0.3, 0.4) is 0 Å². The second-order valence-electron chi connectivity index (χ2n) is 6.72. The van der Waals surface area contributed by atoms with Gasteiger partial charge in [0.1, 0.15) is 0 Å². The Hall–Kier alpha value is -1.32. The van der Waals surface area contributed by atoms with Gasteiger partial charge in [-0.15, -0.1) is 0 Å². The Balaban J connectivity index is 1.51. The van der Waals surface area contributed by atoms with E-state index in [1.807, 2.05) is 0 Å². The fraction of sp³-hybridized carbons (Fsp3) is 0.733. The van der Waals surface area contributed by atoms with Crippen molar-refractivity contribution in [3.8, 4) is 0 Å². The molecule has 0 saturated heterocycles. The molecule has 1 N–H and O–H groups in total. The van der Waals surface area contributed by atoms with Gasteiger partial charge in [-0.1, -0.05) is 0 Å². The molecule has 4 bridgehead atoms. The van der Waals surface area contributed by atoms with Gasteiger partial charge in [0.25, 0.3) is 0 Å². The Kier molecular flexibility index (Phi) is 2.47. The van der Waals surface area contributed by atoms with E-state index in [9.17, 15) is 4.79 Å². The minimum Gasteiger partial charge on any atom is -0.475 e. The third kappa shape index (κ3) is 1.88. The number of rotatable bonds is 3. The summed E-state index contributed by atoms with van der Waals surface area (Å²) in [5.74, 6) is 3.84. The third-order valence-electron chi connectivity index (χ3n) is 5.60. The van der Waals surface area contributed by atoms with Gasteiger partial charge in [-0.05, 0) is 61.7 Å². The van der Waals surface area contributed by atoms with E-state index in [2.05, 4.69) is 4.98 Å². The molecule has 4 fully saturated rings. The van der Waals surface area contributed by atoms with Crippen LogP contribution < -0.4 is 0 Å². The highest BCUT2D eigenvalue weighted by Crippen LogP contribution is 2.57. The first-order valence-electron chi connectivity index (χ1n) is 7.37. The summed E-state index contributed by atoms with van der Waals surface area (Å²) in [5, 5.41) is 8.87. The van der Waals surface area contributed by atoms with Crippen molar-refractivity contribution in [2.24, 2.45) is 29.6 Å². The van der Waals surface area contributed by atoms with E-state index < -0.39 is 5.97 Å². The van der Waals surface area contributed by atoms with Gasteiger partial charge in [0.15, 0.2) is 5.89 Å². The Labute approximate surface area is 112 Å². The van der Waals surface area contributed by atoms with Crippen molar-refractivity contribution < 1.29 is 14.3 Å². The van der Waals surface area contributed by atoms with Crippen molar-refractivity contribution in [1.29, 1.82) is 0 Å². The highest BCUT2D eigenvalue weighted by molar-refractivity contribution is 5.83. The predicted molar refractivity (Wildman–Crippen MR) is 67.7 cm³/mol. The van der Waals surface area contributed by atoms with E-state index in [-0.39, 0.29) is 5.76 Å². The third-order valence-corrected chi connectivity index (χ3v) is 5.60. The van der Waals surface area contributed by atoms with E-state index in [4.69, 9.17) is 9.52 Å². The van der Waals surface area contributed by atoms with Gasteiger partial charge in [-0.25, -0.2) is 9.78 Å². The van der Waals surface area contributed by atoms with Crippen LogP contribution >= 0.6 is 0 Å². The summed E-state index contributed by atoms with van der Waals surface area (Å²) < 4.78 is 5.34. The lowest BCUT2D eigenvalue weighted by Crippen LogP contribution is -2.45. The molecule has 1 heterocycles. The Morgan fingerprint density at radius 2 is 1.84 bits per heavy atom. The van der Waals surface area contributed by atoms with Gasteiger partial charge < -0.3 is 9.52 Å². The molecular weight excluding hydrogens is 242 g/mol. The Morgan fingerprint density at radius 3 is 2.37 bits per heavy atom. The maximum Gasteiger partial charge on any atom is 0.373 e. The topological polar surface area (TPSA) is 63.3 Å². The van der Waals surface area contributed by atoms with Crippen LogP contribution in [0, 0.1) is 29.6 Å². The summed E-state index contributed by atoms with van der Waals surface area (Å²) in [6, 6.07) is 0. The van der Waals surface area contributed by atoms with E-state index in [0.29, 0.717) is 11.8 Å². The number of carboxylic acids is 1. The zero-order valence-corrected chi connectivity index (χ0v) is 10.9. The molecule has 19 heavy (non-hydrogen) atoms. The number of oxazole rings is 1. The largest absolute Gasteiger partial charge is 0.475 e. The minimum atomic E-state index is -1.02. The fourth-order valence-corrected chi connectivity index (χ4v) is 5.08. The summed E-state index contributed by atoms with van der Waals surface area (Å²) in [5.41, 5.74) is 0. The van der Waals surface area contributed by atoms with E-state index in [1.54, 1.807) is 0 Å². The minimum absolute atomic E-state index is 0.0289. The van der Waals surface area contributed by atoms with Gasteiger partial charge in [-0.2, -0.15) is 0 Å². The molecule has 4 heteroatoms. The molecule has 0 amide bonds. The summed E-state index contributed by atoms with van der Waals surface area (Å²) in [7, 11) is 0. The van der Waals surface area contributed by atoms with Gasteiger partial charge in [0.2, 0.25) is 5.76 Å². The second kappa shape index (κ2) is 4.09. The first-order chi connectivity index (χ1) is 9.19. The molecule has 4 saturated carbocycles. The van der Waals surface area contributed by atoms with E-state index in [1.165, 1.54) is 38.3 Å². The number of carboxylic acid groups (broad SMARTS) is 1. The van der Waals surface area contributed by atoms with Crippen LogP contribution in [-0.4, -0.2) is 16.1 Å². The summed E-state index contributed by atoms with van der Waals surface area (Å²) >= 11 is 0. The molecule has 102 valence electrons. The standard InChI is InChI=1S/C15H19NO3/c17-15(18)13-7-16-14(19-13)6-12-10-2-8-1-9(4-10)5-11(12)3-8/h7-12H,1-6H2,(H,17,18). The van der Waals surface area contributed by atoms with Gasteiger partial charge in [0.05, 0.1) is 6.20 Å². The summed E-state index contributed by atoms with van der Waals surface area (Å²) in [4.78, 5) is 15.0. The molecule has 0 atom stereocenters.